The van der Waals surface area contributed by atoms with Gasteiger partial charge >= 0.3 is 0 Å². The van der Waals surface area contributed by atoms with Crippen molar-refractivity contribution in [2.24, 2.45) is 10.4 Å². The highest BCUT2D eigenvalue weighted by Crippen LogP contribution is 2.40. The summed E-state index contributed by atoms with van der Waals surface area (Å²) in [5.74, 6) is 0. The molecule has 80 valence electrons. The standard InChI is InChI=1S/C10H12N2O2S/c1-10(2,3)9-7(11-13)4-6(15)5-8(9)12-14/h4-5,15H,1-3H3. The van der Waals surface area contributed by atoms with E-state index in [0.29, 0.717) is 10.5 Å². The molecule has 0 aliphatic rings. The van der Waals surface area contributed by atoms with E-state index in [0.717, 1.165) is 0 Å². The lowest BCUT2D eigenvalue weighted by Gasteiger charge is -2.21. The maximum atomic E-state index is 10.7. The first-order valence-corrected chi connectivity index (χ1v) is 4.89. The summed E-state index contributed by atoms with van der Waals surface area (Å²) in [7, 11) is 0. The van der Waals surface area contributed by atoms with E-state index in [-0.39, 0.29) is 16.8 Å². The second-order valence-electron chi connectivity index (χ2n) is 4.29. The minimum atomic E-state index is -0.353. The lowest BCUT2D eigenvalue weighted by atomic mass is 9.84. The predicted octanol–water partition coefficient (Wildman–Crippen LogP) is 4.07. The van der Waals surface area contributed by atoms with Crippen molar-refractivity contribution in [3.63, 3.8) is 0 Å². The Morgan fingerprint density at radius 2 is 1.47 bits per heavy atom. The van der Waals surface area contributed by atoms with Crippen molar-refractivity contribution in [1.29, 1.82) is 0 Å². The summed E-state index contributed by atoms with van der Waals surface area (Å²) in [5.41, 5.74) is 0.660. The molecular weight excluding hydrogens is 212 g/mol. The Morgan fingerprint density at radius 3 is 1.73 bits per heavy atom. The Kier molecular flexibility index (Phi) is 3.24. The zero-order valence-electron chi connectivity index (χ0n) is 8.81. The van der Waals surface area contributed by atoms with Crippen LogP contribution in [0.15, 0.2) is 27.4 Å². The molecule has 4 nitrogen and oxygen atoms in total. The van der Waals surface area contributed by atoms with E-state index in [2.05, 4.69) is 23.0 Å². The fraction of sp³-hybridized carbons (Fsp3) is 0.400. The molecule has 1 rings (SSSR count). The van der Waals surface area contributed by atoms with Crippen LogP contribution >= 0.6 is 12.6 Å². The van der Waals surface area contributed by atoms with Crippen molar-refractivity contribution in [1.82, 2.24) is 0 Å². The summed E-state index contributed by atoms with van der Waals surface area (Å²) in [4.78, 5) is 21.8. The molecular formula is C10H12N2O2S. The SMILES string of the molecule is CC(C)(C)c1c(N=O)cc(S)cc1N=O. The molecule has 15 heavy (non-hydrogen) atoms. The number of nitrogens with zero attached hydrogens (tertiary/aromatic N) is 2. The number of nitroso groups, excluding NO2 is 2. The minimum Gasteiger partial charge on any atom is -0.145 e. The highest BCUT2D eigenvalue weighted by atomic mass is 32.1. The molecule has 0 radical (unpaired) electrons. The molecule has 0 fully saturated rings. The van der Waals surface area contributed by atoms with Gasteiger partial charge in [0.1, 0.15) is 11.4 Å². The summed E-state index contributed by atoms with van der Waals surface area (Å²) >= 11 is 4.08. The van der Waals surface area contributed by atoms with E-state index in [9.17, 15) is 9.81 Å². The molecule has 0 saturated heterocycles. The Hall–Kier alpha value is -1.23. The molecule has 1 aromatic carbocycles. The van der Waals surface area contributed by atoms with Crippen molar-refractivity contribution in [2.45, 2.75) is 31.1 Å². The zero-order chi connectivity index (χ0) is 11.6. The summed E-state index contributed by atoms with van der Waals surface area (Å²) < 4.78 is 0. The maximum Gasteiger partial charge on any atom is 0.115 e. The number of rotatable bonds is 2. The average molecular weight is 224 g/mol. The van der Waals surface area contributed by atoms with Crippen LogP contribution in [0.2, 0.25) is 0 Å². The number of thiol groups is 1. The van der Waals surface area contributed by atoms with Gasteiger partial charge in [-0.1, -0.05) is 20.8 Å². The molecule has 0 aromatic heterocycles. The Balaban J connectivity index is 3.58. The van der Waals surface area contributed by atoms with E-state index in [1.165, 1.54) is 12.1 Å². The maximum absolute atomic E-state index is 10.7. The van der Waals surface area contributed by atoms with Crippen LogP contribution in [0.25, 0.3) is 0 Å². The normalized spacial score (nSPS) is 11.2. The number of hydrogen-bond donors (Lipinski definition) is 1. The Morgan fingerprint density at radius 1 is 1.07 bits per heavy atom. The van der Waals surface area contributed by atoms with Gasteiger partial charge in [-0.25, -0.2) is 0 Å². The average Bonchev–Trinajstić information content (AvgIpc) is 2.14. The molecule has 1 aromatic rings. The van der Waals surface area contributed by atoms with E-state index >= 15 is 0 Å². The Bertz CT molecular complexity index is 381. The fourth-order valence-electron chi connectivity index (χ4n) is 1.51. The van der Waals surface area contributed by atoms with Crippen molar-refractivity contribution >= 4 is 24.0 Å². The second-order valence-corrected chi connectivity index (χ2v) is 4.81. The van der Waals surface area contributed by atoms with Crippen LogP contribution < -0.4 is 0 Å². The van der Waals surface area contributed by atoms with Crippen LogP contribution in [-0.2, 0) is 5.41 Å². The molecule has 0 saturated carbocycles. The van der Waals surface area contributed by atoms with Crippen LogP contribution in [0.3, 0.4) is 0 Å². The molecule has 0 atom stereocenters. The van der Waals surface area contributed by atoms with Gasteiger partial charge in [-0.3, -0.25) is 0 Å². The van der Waals surface area contributed by atoms with E-state index < -0.39 is 0 Å². The molecule has 0 N–H and O–H groups in total. The first kappa shape index (κ1) is 11.8. The smallest absolute Gasteiger partial charge is 0.115 e. The zero-order valence-corrected chi connectivity index (χ0v) is 9.71. The van der Waals surface area contributed by atoms with Gasteiger partial charge in [-0.2, -0.15) is 0 Å². The highest BCUT2D eigenvalue weighted by Gasteiger charge is 2.24. The first-order valence-electron chi connectivity index (χ1n) is 4.44. The van der Waals surface area contributed by atoms with Crippen LogP contribution in [0.1, 0.15) is 26.3 Å². The summed E-state index contributed by atoms with van der Waals surface area (Å²) in [5, 5.41) is 5.82. The minimum absolute atomic E-state index is 0.226. The number of benzene rings is 1. The molecule has 0 aliphatic carbocycles. The van der Waals surface area contributed by atoms with Crippen LogP contribution in [0.4, 0.5) is 11.4 Å². The largest absolute Gasteiger partial charge is 0.145 e. The third-order valence-electron chi connectivity index (χ3n) is 2.03. The molecule has 0 spiro atoms. The predicted molar refractivity (Wildman–Crippen MR) is 63.3 cm³/mol. The lowest BCUT2D eigenvalue weighted by molar-refractivity contribution is 0.592. The quantitative estimate of drug-likeness (QED) is 0.608. The molecule has 0 amide bonds. The molecule has 0 aliphatic heterocycles. The summed E-state index contributed by atoms with van der Waals surface area (Å²) in [6.45, 7) is 5.68. The monoisotopic (exact) mass is 224 g/mol. The van der Waals surface area contributed by atoms with Crippen LogP contribution in [-0.4, -0.2) is 0 Å². The first-order chi connectivity index (χ1) is 6.90. The van der Waals surface area contributed by atoms with E-state index in [1.54, 1.807) is 0 Å². The van der Waals surface area contributed by atoms with Crippen molar-refractivity contribution in [2.75, 3.05) is 0 Å². The number of hydrogen-bond acceptors (Lipinski definition) is 5. The van der Waals surface area contributed by atoms with Crippen molar-refractivity contribution < 1.29 is 0 Å². The van der Waals surface area contributed by atoms with Gasteiger partial charge in [0.15, 0.2) is 0 Å². The van der Waals surface area contributed by atoms with E-state index in [4.69, 9.17) is 0 Å². The summed E-state index contributed by atoms with van der Waals surface area (Å²) in [6, 6.07) is 3.07. The van der Waals surface area contributed by atoms with Gasteiger partial charge in [-0.05, 0) is 27.9 Å². The second kappa shape index (κ2) is 4.10. The van der Waals surface area contributed by atoms with Gasteiger partial charge in [0.05, 0.1) is 0 Å². The van der Waals surface area contributed by atoms with Gasteiger partial charge < -0.3 is 0 Å². The third-order valence-corrected chi connectivity index (χ3v) is 2.29. The molecule has 0 bridgehead atoms. The molecule has 5 heteroatoms. The third kappa shape index (κ3) is 2.41. The van der Waals surface area contributed by atoms with Gasteiger partial charge in [0.25, 0.3) is 0 Å². The van der Waals surface area contributed by atoms with Gasteiger partial charge in [-0.15, -0.1) is 22.4 Å². The van der Waals surface area contributed by atoms with Crippen molar-refractivity contribution in [3.05, 3.63) is 27.5 Å². The summed E-state index contributed by atoms with van der Waals surface area (Å²) in [6.07, 6.45) is 0. The molecule has 0 unspecified atom stereocenters. The van der Waals surface area contributed by atoms with Crippen LogP contribution in [0.5, 0.6) is 0 Å². The van der Waals surface area contributed by atoms with Crippen molar-refractivity contribution in [3.8, 4) is 0 Å². The highest BCUT2D eigenvalue weighted by molar-refractivity contribution is 7.80. The van der Waals surface area contributed by atoms with E-state index in [1.807, 2.05) is 20.8 Å². The Labute approximate surface area is 93.4 Å². The van der Waals surface area contributed by atoms with Gasteiger partial charge in [0, 0.05) is 10.5 Å². The lowest BCUT2D eigenvalue weighted by Crippen LogP contribution is -2.11. The molecule has 0 heterocycles. The van der Waals surface area contributed by atoms with Crippen LogP contribution in [0, 0.1) is 9.81 Å². The van der Waals surface area contributed by atoms with Gasteiger partial charge in [0.2, 0.25) is 0 Å². The topological polar surface area (TPSA) is 58.9 Å². The fourth-order valence-corrected chi connectivity index (χ4v) is 1.75.